The lowest BCUT2D eigenvalue weighted by Crippen LogP contribution is -2.06. The smallest absolute Gasteiger partial charge is 0.337 e. The van der Waals surface area contributed by atoms with Gasteiger partial charge in [0.2, 0.25) is 5.82 Å². The molecular formula is C12H11N5O4. The molecule has 9 nitrogen and oxygen atoms in total. The number of nitro groups is 2. The first-order chi connectivity index (χ1) is 10.0. The Balaban J connectivity index is 2.63. The van der Waals surface area contributed by atoms with E-state index in [1.807, 2.05) is 0 Å². The quantitative estimate of drug-likeness (QED) is 0.661. The molecule has 0 aliphatic rings. The van der Waals surface area contributed by atoms with Crippen molar-refractivity contribution >= 4 is 17.2 Å². The zero-order chi connectivity index (χ0) is 15.4. The topological polar surface area (TPSA) is 124 Å². The molecule has 0 saturated heterocycles. The third-order valence-corrected chi connectivity index (χ3v) is 2.68. The second-order valence-corrected chi connectivity index (χ2v) is 4.01. The number of nitrogens with zero attached hydrogens (tertiary/aromatic N) is 4. The summed E-state index contributed by atoms with van der Waals surface area (Å²) in [5, 5.41) is 24.8. The second kappa shape index (κ2) is 5.90. The van der Waals surface area contributed by atoms with Crippen LogP contribution in [0.2, 0.25) is 0 Å². The van der Waals surface area contributed by atoms with Crippen LogP contribution in [0.1, 0.15) is 6.92 Å². The first-order valence-corrected chi connectivity index (χ1v) is 6.02. The molecule has 2 rings (SSSR count). The maximum Gasteiger partial charge on any atom is 0.337 e. The predicted octanol–water partition coefficient (Wildman–Crippen LogP) is 2.39. The van der Waals surface area contributed by atoms with Crippen molar-refractivity contribution < 1.29 is 9.85 Å². The van der Waals surface area contributed by atoms with E-state index in [1.54, 1.807) is 6.92 Å². The summed E-state index contributed by atoms with van der Waals surface area (Å²) >= 11 is 0. The fourth-order valence-corrected chi connectivity index (χ4v) is 1.83. The Labute approximate surface area is 119 Å². The molecule has 1 aromatic heterocycles. The number of nitro benzene ring substituents is 1. The molecule has 21 heavy (non-hydrogen) atoms. The molecule has 108 valence electrons. The highest BCUT2D eigenvalue weighted by Crippen LogP contribution is 2.33. The fourth-order valence-electron chi connectivity index (χ4n) is 1.83. The summed E-state index contributed by atoms with van der Waals surface area (Å²) in [7, 11) is 0. The van der Waals surface area contributed by atoms with Gasteiger partial charge in [-0.1, -0.05) is 12.1 Å². The standard InChI is InChI=1S/C12H11N5O4/c1-2-13-12-11(17(20)21)10(14-7-15-12)8-4-3-5-9(6-8)16(18)19/h3-7H,2H2,1H3,(H,13,14,15). The Kier molecular flexibility index (Phi) is 4.02. The van der Waals surface area contributed by atoms with E-state index in [0.717, 1.165) is 0 Å². The molecule has 0 fully saturated rings. The molecular weight excluding hydrogens is 278 g/mol. The van der Waals surface area contributed by atoms with E-state index >= 15 is 0 Å². The van der Waals surface area contributed by atoms with Crippen LogP contribution in [0, 0.1) is 20.2 Å². The molecule has 0 aliphatic carbocycles. The van der Waals surface area contributed by atoms with Gasteiger partial charge in [-0.25, -0.2) is 9.97 Å². The Morgan fingerprint density at radius 3 is 2.57 bits per heavy atom. The molecule has 2 aromatic rings. The lowest BCUT2D eigenvalue weighted by atomic mass is 10.1. The van der Waals surface area contributed by atoms with Crippen molar-refractivity contribution in [3.05, 3.63) is 50.8 Å². The first-order valence-electron chi connectivity index (χ1n) is 6.02. The third kappa shape index (κ3) is 2.91. The van der Waals surface area contributed by atoms with Gasteiger partial charge in [-0.3, -0.25) is 20.2 Å². The minimum absolute atomic E-state index is 0.0367. The second-order valence-electron chi connectivity index (χ2n) is 4.01. The van der Waals surface area contributed by atoms with Crippen LogP contribution in [0.3, 0.4) is 0 Å². The van der Waals surface area contributed by atoms with E-state index in [2.05, 4.69) is 15.3 Å². The van der Waals surface area contributed by atoms with Gasteiger partial charge in [0.15, 0.2) is 5.69 Å². The lowest BCUT2D eigenvalue weighted by molar-refractivity contribution is -0.385. The summed E-state index contributed by atoms with van der Waals surface area (Å²) in [4.78, 5) is 28.6. The number of non-ortho nitro benzene ring substituents is 1. The van der Waals surface area contributed by atoms with Gasteiger partial charge in [0.1, 0.15) is 6.33 Å². The van der Waals surface area contributed by atoms with E-state index in [0.29, 0.717) is 6.54 Å². The van der Waals surface area contributed by atoms with Crippen molar-refractivity contribution in [1.29, 1.82) is 0 Å². The number of benzene rings is 1. The van der Waals surface area contributed by atoms with Crippen LogP contribution in [0.25, 0.3) is 11.3 Å². The molecule has 0 spiro atoms. The van der Waals surface area contributed by atoms with E-state index in [9.17, 15) is 20.2 Å². The fraction of sp³-hybridized carbons (Fsp3) is 0.167. The molecule has 1 N–H and O–H groups in total. The average molecular weight is 289 g/mol. The Bertz CT molecular complexity index is 704. The minimum atomic E-state index is -0.605. The van der Waals surface area contributed by atoms with Crippen molar-refractivity contribution in [3.63, 3.8) is 0 Å². The average Bonchev–Trinajstić information content (AvgIpc) is 2.47. The van der Waals surface area contributed by atoms with Crippen LogP contribution >= 0.6 is 0 Å². The summed E-state index contributed by atoms with van der Waals surface area (Å²) in [6.07, 6.45) is 1.18. The SMILES string of the molecule is CCNc1ncnc(-c2cccc([N+](=O)[O-])c2)c1[N+](=O)[O-]. The van der Waals surface area contributed by atoms with E-state index in [-0.39, 0.29) is 28.5 Å². The maximum absolute atomic E-state index is 11.3. The zero-order valence-corrected chi connectivity index (χ0v) is 11.0. The number of nitrogens with one attached hydrogen (secondary N) is 1. The third-order valence-electron chi connectivity index (χ3n) is 2.68. The highest BCUT2D eigenvalue weighted by Gasteiger charge is 2.24. The van der Waals surface area contributed by atoms with Gasteiger partial charge in [0.05, 0.1) is 9.85 Å². The molecule has 0 bridgehead atoms. The van der Waals surface area contributed by atoms with Gasteiger partial charge in [0, 0.05) is 24.2 Å². The highest BCUT2D eigenvalue weighted by molar-refractivity contribution is 5.77. The number of rotatable bonds is 5. The number of anilines is 1. The monoisotopic (exact) mass is 289 g/mol. The summed E-state index contributed by atoms with van der Waals surface area (Å²) < 4.78 is 0. The summed E-state index contributed by atoms with van der Waals surface area (Å²) in [5.74, 6) is 0.0824. The maximum atomic E-state index is 11.3. The normalized spacial score (nSPS) is 10.1. The van der Waals surface area contributed by atoms with Gasteiger partial charge < -0.3 is 5.32 Å². The molecule has 0 saturated carbocycles. The number of aromatic nitrogens is 2. The summed E-state index contributed by atoms with van der Waals surface area (Å²) in [5.41, 5.74) is -0.141. The molecule has 1 heterocycles. The molecule has 0 aliphatic heterocycles. The highest BCUT2D eigenvalue weighted by atomic mass is 16.6. The van der Waals surface area contributed by atoms with Crippen molar-refractivity contribution in [3.8, 4) is 11.3 Å². The van der Waals surface area contributed by atoms with Crippen molar-refractivity contribution in [2.45, 2.75) is 6.92 Å². The minimum Gasteiger partial charge on any atom is -0.365 e. The van der Waals surface area contributed by atoms with Crippen LogP contribution < -0.4 is 5.32 Å². The van der Waals surface area contributed by atoms with E-state index < -0.39 is 9.85 Å². The largest absolute Gasteiger partial charge is 0.365 e. The van der Waals surface area contributed by atoms with E-state index in [4.69, 9.17) is 0 Å². The van der Waals surface area contributed by atoms with Gasteiger partial charge in [0.25, 0.3) is 5.69 Å². The molecule has 0 radical (unpaired) electrons. The van der Waals surface area contributed by atoms with Crippen LogP contribution in [0.5, 0.6) is 0 Å². The molecule has 0 atom stereocenters. The van der Waals surface area contributed by atoms with Gasteiger partial charge in [-0.05, 0) is 6.92 Å². The first kappa shape index (κ1) is 14.3. The Morgan fingerprint density at radius 2 is 1.95 bits per heavy atom. The molecule has 0 amide bonds. The van der Waals surface area contributed by atoms with Crippen LogP contribution in [0.4, 0.5) is 17.2 Å². The zero-order valence-electron chi connectivity index (χ0n) is 11.0. The number of hydrogen-bond acceptors (Lipinski definition) is 7. The van der Waals surface area contributed by atoms with Crippen LogP contribution in [0.15, 0.2) is 30.6 Å². The Hall–Kier alpha value is -3.10. The summed E-state index contributed by atoms with van der Waals surface area (Å²) in [6.45, 7) is 2.23. The van der Waals surface area contributed by atoms with Crippen molar-refractivity contribution in [2.24, 2.45) is 0 Å². The van der Waals surface area contributed by atoms with Crippen LogP contribution in [-0.4, -0.2) is 26.4 Å². The molecule has 0 unspecified atom stereocenters. The van der Waals surface area contributed by atoms with Crippen molar-refractivity contribution in [1.82, 2.24) is 9.97 Å². The van der Waals surface area contributed by atoms with Crippen molar-refractivity contribution in [2.75, 3.05) is 11.9 Å². The Morgan fingerprint density at radius 1 is 1.19 bits per heavy atom. The molecule has 1 aromatic carbocycles. The lowest BCUT2D eigenvalue weighted by Gasteiger charge is -2.07. The summed E-state index contributed by atoms with van der Waals surface area (Å²) in [6, 6.07) is 5.52. The number of hydrogen-bond donors (Lipinski definition) is 1. The van der Waals surface area contributed by atoms with Gasteiger partial charge in [-0.15, -0.1) is 0 Å². The van der Waals surface area contributed by atoms with E-state index in [1.165, 1.54) is 30.6 Å². The predicted molar refractivity (Wildman–Crippen MR) is 74.9 cm³/mol. The van der Waals surface area contributed by atoms with Gasteiger partial charge >= 0.3 is 5.69 Å². The molecule has 9 heteroatoms. The van der Waals surface area contributed by atoms with Gasteiger partial charge in [-0.2, -0.15) is 0 Å². The van der Waals surface area contributed by atoms with Crippen LogP contribution in [-0.2, 0) is 0 Å².